The zero-order chi connectivity index (χ0) is 12.8. The van der Waals surface area contributed by atoms with Crippen molar-refractivity contribution in [3.05, 3.63) is 35.9 Å². The van der Waals surface area contributed by atoms with Crippen LogP contribution in [0.5, 0.6) is 0 Å². The Morgan fingerprint density at radius 2 is 2.17 bits per heavy atom. The van der Waals surface area contributed by atoms with Crippen LogP contribution in [0.1, 0.15) is 12.0 Å². The summed E-state index contributed by atoms with van der Waals surface area (Å²) in [5.41, 5.74) is 1.17. The first kappa shape index (κ1) is 13.1. The number of ether oxygens (including phenoxy) is 1. The van der Waals surface area contributed by atoms with Gasteiger partial charge < -0.3 is 14.7 Å². The summed E-state index contributed by atoms with van der Waals surface area (Å²) >= 11 is 0. The zero-order valence-corrected chi connectivity index (χ0v) is 10.4. The van der Waals surface area contributed by atoms with Crippen LogP contribution in [0.2, 0.25) is 0 Å². The van der Waals surface area contributed by atoms with Gasteiger partial charge in [0.2, 0.25) is 5.91 Å². The lowest BCUT2D eigenvalue weighted by Gasteiger charge is -2.34. The van der Waals surface area contributed by atoms with Crippen LogP contribution in [0, 0.1) is 0 Å². The highest BCUT2D eigenvalue weighted by Crippen LogP contribution is 2.10. The Bertz CT molecular complexity index is 380. The van der Waals surface area contributed by atoms with E-state index in [-0.39, 0.29) is 18.6 Å². The third-order valence-electron chi connectivity index (χ3n) is 3.23. The van der Waals surface area contributed by atoms with E-state index in [1.54, 1.807) is 4.90 Å². The van der Waals surface area contributed by atoms with Gasteiger partial charge >= 0.3 is 0 Å². The normalized spacial score (nSPS) is 19.8. The molecule has 0 radical (unpaired) electrons. The number of benzene rings is 1. The number of amides is 1. The summed E-state index contributed by atoms with van der Waals surface area (Å²) < 4.78 is 5.26. The van der Waals surface area contributed by atoms with Crippen LogP contribution in [0.25, 0.3) is 0 Å². The molecule has 1 aliphatic heterocycles. The summed E-state index contributed by atoms with van der Waals surface area (Å²) in [6, 6.07) is 9.79. The quantitative estimate of drug-likeness (QED) is 0.860. The van der Waals surface area contributed by atoms with Crippen molar-refractivity contribution in [2.45, 2.75) is 18.9 Å². The van der Waals surface area contributed by atoms with Gasteiger partial charge in [-0.2, -0.15) is 0 Å². The number of hydrogen-bond acceptors (Lipinski definition) is 3. The third-order valence-corrected chi connectivity index (χ3v) is 3.23. The van der Waals surface area contributed by atoms with E-state index in [0.717, 1.165) is 6.42 Å². The summed E-state index contributed by atoms with van der Waals surface area (Å²) in [6.07, 6.45) is 1.23. The van der Waals surface area contributed by atoms with Gasteiger partial charge in [0.25, 0.3) is 0 Å². The molecule has 1 N–H and O–H groups in total. The van der Waals surface area contributed by atoms with Gasteiger partial charge in [0, 0.05) is 13.0 Å². The van der Waals surface area contributed by atoms with Gasteiger partial charge in [-0.3, -0.25) is 4.79 Å². The number of nitrogens with zero attached hydrogens (tertiary/aromatic N) is 1. The molecular formula is C14H19NO3. The molecule has 0 aliphatic carbocycles. The second-order valence-electron chi connectivity index (χ2n) is 4.48. The number of rotatable bonds is 4. The molecule has 4 heteroatoms. The Labute approximate surface area is 107 Å². The molecule has 0 aromatic heterocycles. The highest BCUT2D eigenvalue weighted by Gasteiger charge is 2.26. The van der Waals surface area contributed by atoms with E-state index in [2.05, 4.69) is 0 Å². The second kappa shape index (κ2) is 6.52. The zero-order valence-electron chi connectivity index (χ0n) is 10.4. The van der Waals surface area contributed by atoms with Crippen molar-refractivity contribution in [1.29, 1.82) is 0 Å². The molecule has 0 bridgehead atoms. The molecule has 1 aromatic rings. The molecule has 0 saturated carbocycles. The van der Waals surface area contributed by atoms with Crippen LogP contribution in [-0.2, 0) is 16.0 Å². The maximum atomic E-state index is 12.1. The number of hydrogen-bond donors (Lipinski definition) is 1. The van der Waals surface area contributed by atoms with Crippen molar-refractivity contribution < 1.29 is 14.6 Å². The molecule has 1 aliphatic rings. The molecule has 18 heavy (non-hydrogen) atoms. The number of aliphatic hydroxyl groups is 1. The van der Waals surface area contributed by atoms with Crippen LogP contribution in [0.15, 0.2) is 30.3 Å². The lowest BCUT2D eigenvalue weighted by Crippen LogP contribution is -2.50. The van der Waals surface area contributed by atoms with E-state index in [9.17, 15) is 9.90 Å². The SMILES string of the molecule is O=C(CCc1ccccc1)N1CCOC[C@@H]1CO. The molecule has 2 rings (SSSR count). The van der Waals surface area contributed by atoms with Crippen molar-refractivity contribution in [3.8, 4) is 0 Å². The molecule has 1 atom stereocenters. The predicted octanol–water partition coefficient (Wildman–Crippen LogP) is 0.839. The Kier molecular flexibility index (Phi) is 4.73. The fraction of sp³-hybridized carbons (Fsp3) is 0.500. The molecular weight excluding hydrogens is 230 g/mol. The Morgan fingerprint density at radius 1 is 1.39 bits per heavy atom. The van der Waals surface area contributed by atoms with Crippen molar-refractivity contribution in [2.24, 2.45) is 0 Å². The molecule has 1 saturated heterocycles. The molecule has 4 nitrogen and oxygen atoms in total. The topological polar surface area (TPSA) is 49.8 Å². The minimum Gasteiger partial charge on any atom is -0.394 e. The minimum absolute atomic E-state index is 0.0307. The van der Waals surface area contributed by atoms with Crippen molar-refractivity contribution in [3.63, 3.8) is 0 Å². The molecule has 1 aromatic carbocycles. The Balaban J connectivity index is 1.87. The molecule has 0 spiro atoms. The number of carbonyl (C=O) groups excluding carboxylic acids is 1. The summed E-state index contributed by atoms with van der Waals surface area (Å²) in [5, 5.41) is 9.22. The first-order valence-corrected chi connectivity index (χ1v) is 6.33. The van der Waals surface area contributed by atoms with E-state index >= 15 is 0 Å². The molecule has 1 heterocycles. The highest BCUT2D eigenvalue weighted by molar-refractivity contribution is 5.77. The smallest absolute Gasteiger partial charge is 0.223 e. The lowest BCUT2D eigenvalue weighted by molar-refractivity contribution is -0.141. The van der Waals surface area contributed by atoms with E-state index < -0.39 is 0 Å². The summed E-state index contributed by atoms with van der Waals surface area (Å²) in [5.74, 6) is 0.0983. The van der Waals surface area contributed by atoms with E-state index in [1.807, 2.05) is 30.3 Å². The average molecular weight is 249 g/mol. The largest absolute Gasteiger partial charge is 0.394 e. The number of aryl methyl sites for hydroxylation is 1. The summed E-state index contributed by atoms with van der Waals surface area (Å²) in [4.78, 5) is 13.8. The standard InChI is InChI=1S/C14H19NO3/c16-10-13-11-18-9-8-15(13)14(17)7-6-12-4-2-1-3-5-12/h1-5,13,16H,6-11H2/t13-/m0/s1. The molecule has 1 amide bonds. The van der Waals surface area contributed by atoms with Crippen molar-refractivity contribution >= 4 is 5.91 Å². The third kappa shape index (κ3) is 3.31. The fourth-order valence-electron chi connectivity index (χ4n) is 2.17. The predicted molar refractivity (Wildman–Crippen MR) is 68.2 cm³/mol. The van der Waals surface area contributed by atoms with Gasteiger partial charge in [-0.15, -0.1) is 0 Å². The first-order valence-electron chi connectivity index (χ1n) is 6.33. The number of aliphatic hydroxyl groups excluding tert-OH is 1. The Hall–Kier alpha value is -1.39. The van der Waals surface area contributed by atoms with Gasteiger partial charge in [-0.05, 0) is 12.0 Å². The van der Waals surface area contributed by atoms with Crippen LogP contribution in [-0.4, -0.2) is 48.3 Å². The van der Waals surface area contributed by atoms with Gasteiger partial charge in [0.1, 0.15) is 0 Å². The van der Waals surface area contributed by atoms with E-state index in [1.165, 1.54) is 5.56 Å². The number of morpholine rings is 1. The monoisotopic (exact) mass is 249 g/mol. The van der Waals surface area contributed by atoms with Gasteiger partial charge in [-0.25, -0.2) is 0 Å². The van der Waals surface area contributed by atoms with Crippen LogP contribution in [0.3, 0.4) is 0 Å². The Morgan fingerprint density at radius 3 is 2.89 bits per heavy atom. The van der Waals surface area contributed by atoms with Gasteiger partial charge in [0.15, 0.2) is 0 Å². The minimum atomic E-state index is -0.179. The fourth-order valence-corrected chi connectivity index (χ4v) is 2.17. The van der Waals surface area contributed by atoms with Crippen molar-refractivity contribution in [2.75, 3.05) is 26.4 Å². The molecule has 0 unspecified atom stereocenters. The maximum Gasteiger partial charge on any atom is 0.223 e. The van der Waals surface area contributed by atoms with Gasteiger partial charge in [0.05, 0.1) is 25.9 Å². The van der Waals surface area contributed by atoms with Gasteiger partial charge in [-0.1, -0.05) is 30.3 Å². The second-order valence-corrected chi connectivity index (χ2v) is 4.48. The summed E-state index contributed by atoms with van der Waals surface area (Å²) in [7, 11) is 0. The van der Waals surface area contributed by atoms with E-state index in [0.29, 0.717) is 26.2 Å². The first-order chi connectivity index (χ1) is 8.81. The van der Waals surface area contributed by atoms with Crippen LogP contribution in [0.4, 0.5) is 0 Å². The molecule has 1 fully saturated rings. The number of carbonyl (C=O) groups is 1. The van der Waals surface area contributed by atoms with Crippen LogP contribution < -0.4 is 0 Å². The lowest BCUT2D eigenvalue weighted by atomic mass is 10.1. The van der Waals surface area contributed by atoms with Crippen LogP contribution >= 0.6 is 0 Å². The van der Waals surface area contributed by atoms with E-state index in [4.69, 9.17) is 4.74 Å². The average Bonchev–Trinajstić information content (AvgIpc) is 2.45. The summed E-state index contributed by atoms with van der Waals surface area (Å²) in [6.45, 7) is 1.55. The van der Waals surface area contributed by atoms with Crippen molar-refractivity contribution in [1.82, 2.24) is 4.90 Å². The maximum absolute atomic E-state index is 12.1. The molecule has 98 valence electrons. The highest BCUT2D eigenvalue weighted by atomic mass is 16.5.